The number of amides is 1. The SMILES string of the molecule is O=C(N=Nc1c(O)n(CO)c2ccccc12)c1ccccc1O. The van der Waals surface area contributed by atoms with Gasteiger partial charge in [0.25, 0.3) is 5.91 Å². The lowest BCUT2D eigenvalue weighted by molar-refractivity contribution is 0.0992. The van der Waals surface area contributed by atoms with Gasteiger partial charge in [0, 0.05) is 5.39 Å². The van der Waals surface area contributed by atoms with Gasteiger partial charge in [-0.05, 0) is 18.2 Å². The van der Waals surface area contributed by atoms with Crippen molar-refractivity contribution in [3.8, 4) is 11.6 Å². The molecule has 0 saturated carbocycles. The molecule has 0 saturated heterocycles. The van der Waals surface area contributed by atoms with Crippen molar-refractivity contribution in [1.82, 2.24) is 4.57 Å². The van der Waals surface area contributed by atoms with E-state index >= 15 is 0 Å². The summed E-state index contributed by atoms with van der Waals surface area (Å²) in [6.45, 7) is -0.435. The Morgan fingerprint density at radius 3 is 2.48 bits per heavy atom. The number of hydrogen-bond acceptors (Lipinski definition) is 5. The third-order valence-corrected chi connectivity index (χ3v) is 3.43. The fraction of sp³-hybridized carbons (Fsp3) is 0.0625. The van der Waals surface area contributed by atoms with E-state index in [9.17, 15) is 20.1 Å². The molecule has 3 rings (SSSR count). The molecule has 1 aromatic heterocycles. The molecule has 1 heterocycles. The van der Waals surface area contributed by atoms with Crippen LogP contribution in [0, 0.1) is 0 Å². The van der Waals surface area contributed by atoms with Crippen LogP contribution < -0.4 is 0 Å². The van der Waals surface area contributed by atoms with Gasteiger partial charge in [-0.1, -0.05) is 30.3 Å². The molecule has 0 unspecified atom stereocenters. The number of carbonyl (C=O) groups excluding carboxylic acids is 1. The first-order valence-corrected chi connectivity index (χ1v) is 6.78. The monoisotopic (exact) mass is 311 g/mol. The summed E-state index contributed by atoms with van der Waals surface area (Å²) < 4.78 is 1.24. The highest BCUT2D eigenvalue weighted by atomic mass is 16.3. The van der Waals surface area contributed by atoms with Gasteiger partial charge in [0.05, 0.1) is 11.1 Å². The number of phenols is 1. The number of aromatic hydroxyl groups is 2. The van der Waals surface area contributed by atoms with Crippen LogP contribution >= 0.6 is 0 Å². The van der Waals surface area contributed by atoms with Gasteiger partial charge in [0.1, 0.15) is 12.5 Å². The molecule has 23 heavy (non-hydrogen) atoms. The van der Waals surface area contributed by atoms with Crippen LogP contribution in [-0.2, 0) is 6.73 Å². The molecule has 0 radical (unpaired) electrons. The second kappa shape index (κ2) is 5.90. The van der Waals surface area contributed by atoms with Crippen LogP contribution in [0.3, 0.4) is 0 Å². The standard InChI is InChI=1S/C16H13N3O4/c20-9-19-12-7-3-1-5-10(12)14(16(19)23)17-18-15(22)11-6-2-4-8-13(11)21/h1-8,20-21,23H,9H2. The van der Waals surface area contributed by atoms with Crippen LogP contribution in [0.2, 0.25) is 0 Å². The Hall–Kier alpha value is -3.19. The van der Waals surface area contributed by atoms with E-state index in [2.05, 4.69) is 10.2 Å². The fourth-order valence-corrected chi connectivity index (χ4v) is 2.32. The van der Waals surface area contributed by atoms with Crippen molar-refractivity contribution in [2.45, 2.75) is 6.73 Å². The maximum atomic E-state index is 12.0. The first-order chi connectivity index (χ1) is 11.1. The molecule has 1 amide bonds. The van der Waals surface area contributed by atoms with E-state index in [1.807, 2.05) is 0 Å². The number of para-hydroxylation sites is 2. The van der Waals surface area contributed by atoms with E-state index in [0.717, 1.165) is 0 Å². The van der Waals surface area contributed by atoms with E-state index < -0.39 is 12.6 Å². The maximum Gasteiger partial charge on any atom is 0.299 e. The third-order valence-electron chi connectivity index (χ3n) is 3.43. The van der Waals surface area contributed by atoms with Gasteiger partial charge in [-0.25, -0.2) is 0 Å². The van der Waals surface area contributed by atoms with Crippen LogP contribution in [-0.4, -0.2) is 25.8 Å². The van der Waals surface area contributed by atoms with Crippen LogP contribution in [0.15, 0.2) is 58.8 Å². The number of phenolic OH excluding ortho intramolecular Hbond substituents is 1. The van der Waals surface area contributed by atoms with Crippen molar-refractivity contribution in [2.24, 2.45) is 10.2 Å². The molecule has 0 aliphatic heterocycles. The summed E-state index contributed by atoms with van der Waals surface area (Å²) in [4.78, 5) is 12.0. The number of aliphatic hydroxyl groups excluding tert-OH is 1. The number of azo groups is 1. The number of aliphatic hydroxyl groups is 1. The minimum absolute atomic E-state index is 0.0154. The summed E-state index contributed by atoms with van der Waals surface area (Å²) >= 11 is 0. The number of fused-ring (bicyclic) bond motifs is 1. The van der Waals surface area contributed by atoms with Crippen LogP contribution in [0.1, 0.15) is 10.4 Å². The van der Waals surface area contributed by atoms with Gasteiger partial charge in [-0.2, -0.15) is 0 Å². The molecular formula is C16H13N3O4. The number of carbonyl (C=O) groups is 1. The van der Waals surface area contributed by atoms with Crippen LogP contribution in [0.4, 0.5) is 5.69 Å². The number of hydrogen-bond donors (Lipinski definition) is 3. The van der Waals surface area contributed by atoms with Crippen molar-refractivity contribution >= 4 is 22.5 Å². The summed E-state index contributed by atoms with van der Waals surface area (Å²) in [5.74, 6) is -1.22. The molecule has 3 aromatic rings. The van der Waals surface area contributed by atoms with Crippen molar-refractivity contribution < 1.29 is 20.1 Å². The van der Waals surface area contributed by atoms with Crippen LogP contribution in [0.25, 0.3) is 10.9 Å². The van der Waals surface area contributed by atoms with Gasteiger partial charge >= 0.3 is 0 Å². The molecule has 116 valence electrons. The first kappa shape index (κ1) is 14.7. The summed E-state index contributed by atoms with van der Waals surface area (Å²) in [6.07, 6.45) is 0. The fourth-order valence-electron chi connectivity index (χ4n) is 2.32. The van der Waals surface area contributed by atoms with Crippen molar-refractivity contribution in [3.63, 3.8) is 0 Å². The zero-order valence-electron chi connectivity index (χ0n) is 11.9. The van der Waals surface area contributed by atoms with Crippen molar-refractivity contribution in [2.75, 3.05) is 0 Å². The third kappa shape index (κ3) is 2.53. The van der Waals surface area contributed by atoms with Crippen LogP contribution in [0.5, 0.6) is 11.6 Å². The number of aromatic nitrogens is 1. The van der Waals surface area contributed by atoms with E-state index in [4.69, 9.17) is 0 Å². The molecule has 3 N–H and O–H groups in total. The number of benzene rings is 2. The minimum atomic E-state index is -0.733. The van der Waals surface area contributed by atoms with Gasteiger partial charge in [0.2, 0.25) is 5.88 Å². The summed E-state index contributed by atoms with van der Waals surface area (Å²) in [6, 6.07) is 12.9. The van der Waals surface area contributed by atoms with Gasteiger partial charge < -0.3 is 15.3 Å². The highest BCUT2D eigenvalue weighted by Gasteiger charge is 2.16. The Morgan fingerprint density at radius 1 is 1.04 bits per heavy atom. The van der Waals surface area contributed by atoms with Gasteiger partial charge in [0.15, 0.2) is 5.69 Å². The summed E-state index contributed by atoms with van der Waals surface area (Å²) in [5.41, 5.74) is 0.663. The zero-order valence-corrected chi connectivity index (χ0v) is 11.9. The molecule has 0 atom stereocenters. The highest BCUT2D eigenvalue weighted by Crippen LogP contribution is 2.38. The molecule has 0 fully saturated rings. The second-order valence-corrected chi connectivity index (χ2v) is 4.78. The molecule has 0 aliphatic carbocycles. The number of rotatable bonds is 3. The Labute approximate surface area is 130 Å². The Morgan fingerprint density at radius 2 is 1.74 bits per heavy atom. The molecule has 0 aliphatic rings. The molecule has 7 heteroatoms. The van der Waals surface area contributed by atoms with E-state index in [1.54, 1.807) is 36.4 Å². The van der Waals surface area contributed by atoms with Crippen molar-refractivity contribution in [3.05, 3.63) is 54.1 Å². The predicted molar refractivity (Wildman–Crippen MR) is 82.8 cm³/mol. The quantitative estimate of drug-likeness (QED) is 0.646. The summed E-state index contributed by atoms with van der Waals surface area (Å²) in [7, 11) is 0. The Kier molecular flexibility index (Phi) is 3.78. The van der Waals surface area contributed by atoms with E-state index in [1.165, 1.54) is 16.7 Å². The maximum absolute atomic E-state index is 12.0. The normalized spacial score (nSPS) is 11.3. The molecule has 2 aromatic carbocycles. The van der Waals surface area contributed by atoms with Crippen molar-refractivity contribution in [1.29, 1.82) is 0 Å². The molecule has 7 nitrogen and oxygen atoms in total. The minimum Gasteiger partial charge on any atom is -0.507 e. The number of nitrogens with zero attached hydrogens (tertiary/aromatic N) is 3. The Bertz CT molecular complexity index is 915. The van der Waals surface area contributed by atoms with E-state index in [-0.39, 0.29) is 22.9 Å². The lowest BCUT2D eigenvalue weighted by atomic mass is 10.2. The average molecular weight is 311 g/mol. The van der Waals surface area contributed by atoms with Gasteiger partial charge in [-0.15, -0.1) is 10.2 Å². The predicted octanol–water partition coefficient (Wildman–Crippen LogP) is 2.93. The Balaban J connectivity index is 2.03. The highest BCUT2D eigenvalue weighted by molar-refractivity contribution is 5.98. The smallest absolute Gasteiger partial charge is 0.299 e. The second-order valence-electron chi connectivity index (χ2n) is 4.78. The summed E-state index contributed by atoms with van der Waals surface area (Å²) in [5, 5.41) is 37.0. The first-order valence-electron chi connectivity index (χ1n) is 6.78. The molecule has 0 spiro atoms. The van der Waals surface area contributed by atoms with Gasteiger partial charge in [-0.3, -0.25) is 9.36 Å². The van der Waals surface area contributed by atoms with E-state index in [0.29, 0.717) is 10.9 Å². The molecule has 0 bridgehead atoms. The zero-order chi connectivity index (χ0) is 16.4. The average Bonchev–Trinajstić information content (AvgIpc) is 2.84. The lowest BCUT2D eigenvalue weighted by Crippen LogP contribution is -1.94. The molecular weight excluding hydrogens is 298 g/mol. The lowest BCUT2D eigenvalue weighted by Gasteiger charge is -2.00. The topological polar surface area (TPSA) is 107 Å². The largest absolute Gasteiger partial charge is 0.507 e.